The highest BCUT2D eigenvalue weighted by Gasteiger charge is 2.35. The van der Waals surface area contributed by atoms with E-state index in [1.54, 1.807) is 0 Å². The molecule has 3 atom stereocenters. The van der Waals surface area contributed by atoms with E-state index in [4.69, 9.17) is 0 Å². The summed E-state index contributed by atoms with van der Waals surface area (Å²) in [7, 11) is 0. The van der Waals surface area contributed by atoms with E-state index in [0.717, 1.165) is 19.5 Å². The normalized spacial score (nSPS) is 25.9. The highest BCUT2D eigenvalue weighted by atomic mass is 16.3. The summed E-state index contributed by atoms with van der Waals surface area (Å²) < 4.78 is 0. The summed E-state index contributed by atoms with van der Waals surface area (Å²) in [5.41, 5.74) is -0.358. The third-order valence-corrected chi connectivity index (χ3v) is 3.91. The van der Waals surface area contributed by atoms with Crippen molar-refractivity contribution in [1.29, 1.82) is 0 Å². The first-order valence-electron chi connectivity index (χ1n) is 7.82. The Morgan fingerprint density at radius 1 is 1.30 bits per heavy atom. The Labute approximate surface area is 123 Å². The van der Waals surface area contributed by atoms with Crippen LogP contribution in [0.25, 0.3) is 0 Å². The molecule has 3 unspecified atom stereocenters. The van der Waals surface area contributed by atoms with Crippen LogP contribution in [0.2, 0.25) is 0 Å². The van der Waals surface area contributed by atoms with Gasteiger partial charge in [0.05, 0.1) is 6.10 Å². The van der Waals surface area contributed by atoms with Crippen molar-refractivity contribution in [2.75, 3.05) is 19.6 Å². The monoisotopic (exact) mass is 284 g/mol. The number of nitrogens with one attached hydrogen (secondary N) is 1. The van der Waals surface area contributed by atoms with Crippen LogP contribution in [0, 0.1) is 17.3 Å². The van der Waals surface area contributed by atoms with Crippen molar-refractivity contribution in [2.24, 2.45) is 17.3 Å². The van der Waals surface area contributed by atoms with Crippen molar-refractivity contribution in [3.05, 3.63) is 0 Å². The lowest BCUT2D eigenvalue weighted by Crippen LogP contribution is -2.55. The Morgan fingerprint density at radius 2 is 1.90 bits per heavy atom. The van der Waals surface area contributed by atoms with E-state index in [1.807, 2.05) is 32.6 Å². The zero-order valence-corrected chi connectivity index (χ0v) is 13.9. The first kappa shape index (κ1) is 17.4. The highest BCUT2D eigenvalue weighted by molar-refractivity contribution is 5.81. The number of rotatable bonds is 4. The van der Waals surface area contributed by atoms with E-state index in [9.17, 15) is 9.90 Å². The molecule has 0 aromatic heterocycles. The number of hydrogen-bond acceptors (Lipinski definition) is 3. The van der Waals surface area contributed by atoms with Crippen molar-refractivity contribution in [3.8, 4) is 0 Å². The maximum absolute atomic E-state index is 12.5. The van der Waals surface area contributed by atoms with Crippen LogP contribution in [0.1, 0.15) is 48.0 Å². The number of carbonyl (C=O) groups excluding carboxylic acids is 1. The average molecular weight is 284 g/mol. The fourth-order valence-electron chi connectivity index (χ4n) is 2.68. The fourth-order valence-corrected chi connectivity index (χ4v) is 2.68. The lowest BCUT2D eigenvalue weighted by Gasteiger charge is -2.41. The van der Waals surface area contributed by atoms with Gasteiger partial charge in [-0.05, 0) is 25.8 Å². The Balaban J connectivity index is 2.73. The van der Waals surface area contributed by atoms with Gasteiger partial charge in [-0.2, -0.15) is 0 Å². The number of carbonyl (C=O) groups is 1. The van der Waals surface area contributed by atoms with Gasteiger partial charge in [-0.1, -0.05) is 34.6 Å². The summed E-state index contributed by atoms with van der Waals surface area (Å²) in [6, 6.07) is 0.289. The minimum atomic E-state index is -0.367. The lowest BCUT2D eigenvalue weighted by atomic mass is 9.87. The summed E-state index contributed by atoms with van der Waals surface area (Å²) >= 11 is 0. The minimum absolute atomic E-state index is 0.166. The molecule has 0 saturated carbocycles. The first-order chi connectivity index (χ1) is 9.11. The number of nitrogens with zero attached hydrogens (tertiary/aromatic N) is 1. The lowest BCUT2D eigenvalue weighted by molar-refractivity contribution is -0.142. The molecule has 1 aliphatic heterocycles. The van der Waals surface area contributed by atoms with E-state index < -0.39 is 0 Å². The maximum Gasteiger partial charge on any atom is 0.228 e. The van der Waals surface area contributed by atoms with Crippen LogP contribution in [-0.2, 0) is 4.79 Å². The molecule has 0 bridgehead atoms. The second-order valence-corrected chi connectivity index (χ2v) is 7.70. The van der Waals surface area contributed by atoms with Crippen molar-refractivity contribution >= 4 is 5.91 Å². The molecular formula is C16H32N2O2. The number of piperidine rings is 1. The Morgan fingerprint density at radius 3 is 2.35 bits per heavy atom. The molecule has 0 radical (unpaired) electrons. The molecular weight excluding hydrogens is 252 g/mol. The Bertz CT molecular complexity index is 321. The topological polar surface area (TPSA) is 52.6 Å². The molecule has 0 aromatic carbocycles. The van der Waals surface area contributed by atoms with Crippen molar-refractivity contribution in [2.45, 2.75) is 60.1 Å². The summed E-state index contributed by atoms with van der Waals surface area (Å²) in [6.45, 7) is 14.4. The molecule has 4 heteroatoms. The molecule has 1 saturated heterocycles. The number of aliphatic hydroxyl groups is 1. The van der Waals surface area contributed by atoms with Crippen LogP contribution in [-0.4, -0.2) is 47.7 Å². The molecule has 1 aliphatic rings. The van der Waals surface area contributed by atoms with E-state index in [0.29, 0.717) is 12.5 Å². The van der Waals surface area contributed by atoms with E-state index >= 15 is 0 Å². The van der Waals surface area contributed by atoms with Gasteiger partial charge >= 0.3 is 0 Å². The van der Waals surface area contributed by atoms with E-state index in [-0.39, 0.29) is 29.4 Å². The number of likely N-dealkylation sites (tertiary alicyclic amines) is 1. The van der Waals surface area contributed by atoms with Crippen molar-refractivity contribution in [1.82, 2.24) is 10.2 Å². The summed E-state index contributed by atoms with van der Waals surface area (Å²) in [6.07, 6.45) is 0.576. The molecule has 118 valence electrons. The largest absolute Gasteiger partial charge is 0.393 e. The van der Waals surface area contributed by atoms with Gasteiger partial charge in [-0.15, -0.1) is 0 Å². The van der Waals surface area contributed by atoms with Gasteiger partial charge < -0.3 is 15.3 Å². The molecule has 20 heavy (non-hydrogen) atoms. The highest BCUT2D eigenvalue weighted by Crippen LogP contribution is 2.25. The van der Waals surface area contributed by atoms with Crippen LogP contribution in [0.3, 0.4) is 0 Å². The molecule has 1 rings (SSSR count). The van der Waals surface area contributed by atoms with Crippen LogP contribution in [0.15, 0.2) is 0 Å². The van der Waals surface area contributed by atoms with Crippen molar-refractivity contribution in [3.63, 3.8) is 0 Å². The standard InChI is InChI=1S/C16H32N2O2/c1-11(2)8-17-14-7-13(12(3)19)9-18(10-14)15(20)16(4,5)6/h11-14,17,19H,7-10H2,1-6H3. The van der Waals surface area contributed by atoms with E-state index in [2.05, 4.69) is 19.2 Å². The van der Waals surface area contributed by atoms with Gasteiger partial charge in [0.15, 0.2) is 0 Å². The fraction of sp³-hybridized carbons (Fsp3) is 0.938. The second-order valence-electron chi connectivity index (χ2n) is 7.70. The zero-order valence-electron chi connectivity index (χ0n) is 13.9. The quantitative estimate of drug-likeness (QED) is 0.829. The molecule has 1 heterocycles. The SMILES string of the molecule is CC(C)CNC1CC(C(C)O)CN(C(=O)C(C)(C)C)C1. The minimum Gasteiger partial charge on any atom is -0.393 e. The van der Waals surface area contributed by atoms with Crippen molar-refractivity contribution < 1.29 is 9.90 Å². The third kappa shape index (κ3) is 5.06. The van der Waals surface area contributed by atoms with Gasteiger partial charge in [-0.25, -0.2) is 0 Å². The summed E-state index contributed by atoms with van der Waals surface area (Å²) in [5.74, 6) is 0.938. The predicted molar refractivity (Wildman–Crippen MR) is 82.5 cm³/mol. The molecule has 4 nitrogen and oxygen atoms in total. The number of hydrogen-bond donors (Lipinski definition) is 2. The number of aliphatic hydroxyl groups excluding tert-OH is 1. The third-order valence-electron chi connectivity index (χ3n) is 3.91. The van der Waals surface area contributed by atoms with Gasteiger partial charge in [0.2, 0.25) is 5.91 Å². The van der Waals surface area contributed by atoms with Crippen LogP contribution >= 0.6 is 0 Å². The van der Waals surface area contributed by atoms with Crippen LogP contribution < -0.4 is 5.32 Å². The molecule has 0 spiro atoms. The van der Waals surface area contributed by atoms with Gasteiger partial charge in [0.1, 0.15) is 0 Å². The Hall–Kier alpha value is -0.610. The first-order valence-corrected chi connectivity index (χ1v) is 7.82. The average Bonchev–Trinajstić information content (AvgIpc) is 2.33. The molecule has 1 fully saturated rings. The van der Waals surface area contributed by atoms with Crippen LogP contribution in [0.5, 0.6) is 0 Å². The van der Waals surface area contributed by atoms with E-state index in [1.165, 1.54) is 0 Å². The Kier molecular flexibility index (Phi) is 6.02. The maximum atomic E-state index is 12.5. The molecule has 0 aliphatic carbocycles. The number of amides is 1. The van der Waals surface area contributed by atoms with Gasteiger partial charge in [0.25, 0.3) is 0 Å². The summed E-state index contributed by atoms with van der Waals surface area (Å²) in [5, 5.41) is 13.4. The second kappa shape index (κ2) is 6.90. The zero-order chi connectivity index (χ0) is 15.5. The molecule has 1 amide bonds. The van der Waals surface area contributed by atoms with Crippen LogP contribution in [0.4, 0.5) is 0 Å². The van der Waals surface area contributed by atoms with Gasteiger partial charge in [0, 0.05) is 30.5 Å². The molecule has 2 N–H and O–H groups in total. The smallest absolute Gasteiger partial charge is 0.228 e. The summed E-state index contributed by atoms with van der Waals surface area (Å²) in [4.78, 5) is 14.4. The molecule has 0 aromatic rings. The predicted octanol–water partition coefficient (Wildman–Crippen LogP) is 1.88. The van der Waals surface area contributed by atoms with Gasteiger partial charge in [-0.3, -0.25) is 4.79 Å².